The van der Waals surface area contributed by atoms with Crippen LogP contribution in [-0.4, -0.2) is 43.4 Å². The molecular formula is C14H25NO5S. The zero-order valence-electron chi connectivity index (χ0n) is 13.3. The van der Waals surface area contributed by atoms with Crippen molar-refractivity contribution in [2.45, 2.75) is 52.7 Å². The van der Waals surface area contributed by atoms with Gasteiger partial charge >= 0.3 is 5.97 Å². The van der Waals surface area contributed by atoms with E-state index >= 15 is 0 Å². The van der Waals surface area contributed by atoms with Crippen molar-refractivity contribution >= 4 is 21.7 Å². The van der Waals surface area contributed by atoms with E-state index in [0.29, 0.717) is 6.42 Å². The SMILES string of the molecule is CC(C)[C@H](NC(=O)C1CCS(=O)(=O)C1)C(=O)OC(C)(C)C. The van der Waals surface area contributed by atoms with Gasteiger partial charge in [0, 0.05) is 0 Å². The molecule has 1 heterocycles. The molecule has 1 fully saturated rings. The van der Waals surface area contributed by atoms with Gasteiger partial charge in [-0.1, -0.05) is 13.8 Å². The molecule has 0 aromatic heterocycles. The first-order valence-corrected chi connectivity index (χ1v) is 8.97. The monoisotopic (exact) mass is 319 g/mol. The van der Waals surface area contributed by atoms with Gasteiger partial charge < -0.3 is 10.1 Å². The van der Waals surface area contributed by atoms with Crippen LogP contribution in [-0.2, 0) is 24.2 Å². The minimum Gasteiger partial charge on any atom is -0.458 e. The Morgan fingerprint density at radius 1 is 1.24 bits per heavy atom. The van der Waals surface area contributed by atoms with E-state index in [-0.39, 0.29) is 23.3 Å². The lowest BCUT2D eigenvalue weighted by Crippen LogP contribution is -2.49. The zero-order chi connectivity index (χ0) is 16.4. The van der Waals surface area contributed by atoms with Crippen molar-refractivity contribution in [3.63, 3.8) is 0 Å². The molecule has 1 unspecified atom stereocenters. The summed E-state index contributed by atoms with van der Waals surface area (Å²) in [6, 6.07) is -0.764. The van der Waals surface area contributed by atoms with Gasteiger partial charge in [0.25, 0.3) is 0 Å². The number of nitrogens with one attached hydrogen (secondary N) is 1. The Morgan fingerprint density at radius 3 is 2.19 bits per heavy atom. The summed E-state index contributed by atoms with van der Waals surface area (Å²) in [6.45, 7) is 8.88. The average molecular weight is 319 g/mol. The number of sulfone groups is 1. The Bertz CT molecular complexity index is 504. The summed E-state index contributed by atoms with van der Waals surface area (Å²) in [5, 5.41) is 2.64. The van der Waals surface area contributed by atoms with Gasteiger partial charge in [0.15, 0.2) is 9.84 Å². The molecule has 1 saturated heterocycles. The summed E-state index contributed by atoms with van der Waals surface area (Å²) in [7, 11) is -3.12. The molecule has 0 aromatic rings. The van der Waals surface area contributed by atoms with Crippen LogP contribution in [0.4, 0.5) is 0 Å². The second-order valence-electron chi connectivity index (χ2n) is 6.86. The maximum absolute atomic E-state index is 12.1. The molecule has 1 rings (SSSR count). The lowest BCUT2D eigenvalue weighted by atomic mass is 10.0. The fraction of sp³-hybridized carbons (Fsp3) is 0.857. The summed E-state index contributed by atoms with van der Waals surface area (Å²) in [5.41, 5.74) is -0.633. The Morgan fingerprint density at radius 2 is 1.81 bits per heavy atom. The molecule has 0 saturated carbocycles. The van der Waals surface area contributed by atoms with E-state index in [0.717, 1.165) is 0 Å². The first-order valence-electron chi connectivity index (χ1n) is 7.15. The lowest BCUT2D eigenvalue weighted by molar-refractivity contribution is -0.160. The van der Waals surface area contributed by atoms with Crippen molar-refractivity contribution in [1.29, 1.82) is 0 Å². The maximum atomic E-state index is 12.1. The molecule has 6 nitrogen and oxygen atoms in total. The molecule has 122 valence electrons. The summed E-state index contributed by atoms with van der Waals surface area (Å²) in [5.74, 6) is -1.70. The number of ether oxygens (including phenoxy) is 1. The third kappa shape index (κ3) is 5.65. The highest BCUT2D eigenvalue weighted by Gasteiger charge is 2.36. The van der Waals surface area contributed by atoms with Crippen LogP contribution in [0.5, 0.6) is 0 Å². The Kier molecular flexibility index (Phi) is 5.41. The highest BCUT2D eigenvalue weighted by molar-refractivity contribution is 7.91. The minimum absolute atomic E-state index is 0.0316. The highest BCUT2D eigenvalue weighted by atomic mass is 32.2. The topological polar surface area (TPSA) is 89.5 Å². The quantitative estimate of drug-likeness (QED) is 0.778. The van der Waals surface area contributed by atoms with E-state index in [1.807, 2.05) is 0 Å². The van der Waals surface area contributed by atoms with Gasteiger partial charge in [0.05, 0.1) is 17.4 Å². The molecule has 21 heavy (non-hydrogen) atoms. The first kappa shape index (κ1) is 17.9. The molecule has 1 amide bonds. The van der Waals surface area contributed by atoms with Crippen molar-refractivity contribution in [3.8, 4) is 0 Å². The van der Waals surface area contributed by atoms with Crippen molar-refractivity contribution in [3.05, 3.63) is 0 Å². The number of hydrogen-bond donors (Lipinski definition) is 1. The molecule has 1 aliphatic rings. The summed E-state index contributed by atoms with van der Waals surface area (Å²) >= 11 is 0. The van der Waals surface area contributed by atoms with Gasteiger partial charge in [-0.25, -0.2) is 13.2 Å². The number of rotatable bonds is 4. The first-order chi connectivity index (χ1) is 9.41. The van der Waals surface area contributed by atoms with E-state index in [2.05, 4.69) is 5.32 Å². The predicted octanol–water partition coefficient (Wildman–Crippen LogP) is 0.904. The van der Waals surface area contributed by atoms with E-state index < -0.39 is 33.4 Å². The molecule has 0 aromatic carbocycles. The Hall–Kier alpha value is -1.11. The number of amides is 1. The fourth-order valence-corrected chi connectivity index (χ4v) is 3.88. The second kappa shape index (κ2) is 6.34. The van der Waals surface area contributed by atoms with Crippen LogP contribution in [0, 0.1) is 11.8 Å². The summed E-state index contributed by atoms with van der Waals surface area (Å²) in [4.78, 5) is 24.3. The highest BCUT2D eigenvalue weighted by Crippen LogP contribution is 2.19. The second-order valence-corrected chi connectivity index (χ2v) is 9.09. The van der Waals surface area contributed by atoms with E-state index in [9.17, 15) is 18.0 Å². The fourth-order valence-electron chi connectivity index (χ4n) is 2.14. The molecular weight excluding hydrogens is 294 g/mol. The molecule has 1 aliphatic heterocycles. The van der Waals surface area contributed by atoms with Gasteiger partial charge in [0.2, 0.25) is 5.91 Å². The van der Waals surface area contributed by atoms with Gasteiger partial charge in [-0.15, -0.1) is 0 Å². The average Bonchev–Trinajstić information content (AvgIpc) is 2.63. The standard InChI is InChI=1S/C14H25NO5S/c1-9(2)11(13(17)20-14(3,4)5)15-12(16)10-6-7-21(18,19)8-10/h9-11H,6-8H2,1-5H3,(H,15,16)/t10?,11-/m0/s1. The third-order valence-electron chi connectivity index (χ3n) is 3.23. The molecule has 1 N–H and O–H groups in total. The number of carbonyl (C=O) groups is 2. The molecule has 0 radical (unpaired) electrons. The minimum atomic E-state index is -3.12. The van der Waals surface area contributed by atoms with Crippen LogP contribution < -0.4 is 5.32 Å². The van der Waals surface area contributed by atoms with Crippen LogP contribution >= 0.6 is 0 Å². The normalized spacial score (nSPS) is 22.9. The van der Waals surface area contributed by atoms with E-state index in [4.69, 9.17) is 4.74 Å². The summed E-state index contributed by atoms with van der Waals surface area (Å²) in [6.07, 6.45) is 0.313. The van der Waals surface area contributed by atoms with Crippen molar-refractivity contribution in [2.24, 2.45) is 11.8 Å². The molecule has 7 heteroatoms. The van der Waals surface area contributed by atoms with Crippen molar-refractivity contribution < 1.29 is 22.7 Å². The van der Waals surface area contributed by atoms with Gasteiger partial charge in [0.1, 0.15) is 11.6 Å². The third-order valence-corrected chi connectivity index (χ3v) is 5.00. The Labute approximate surface area is 126 Å². The summed E-state index contributed by atoms with van der Waals surface area (Å²) < 4.78 is 28.1. The zero-order valence-corrected chi connectivity index (χ0v) is 14.1. The predicted molar refractivity (Wildman–Crippen MR) is 79.4 cm³/mol. The Balaban J connectivity index is 2.71. The molecule has 0 aliphatic carbocycles. The maximum Gasteiger partial charge on any atom is 0.329 e. The van der Waals surface area contributed by atoms with E-state index in [1.165, 1.54) is 0 Å². The van der Waals surface area contributed by atoms with Crippen LogP contribution in [0.1, 0.15) is 41.0 Å². The van der Waals surface area contributed by atoms with E-state index in [1.54, 1.807) is 34.6 Å². The smallest absolute Gasteiger partial charge is 0.329 e. The van der Waals surface area contributed by atoms with Gasteiger partial charge in [-0.3, -0.25) is 4.79 Å². The van der Waals surface area contributed by atoms with Crippen LogP contribution in [0.2, 0.25) is 0 Å². The lowest BCUT2D eigenvalue weighted by Gasteiger charge is -2.27. The molecule has 0 spiro atoms. The van der Waals surface area contributed by atoms with Crippen LogP contribution in [0.3, 0.4) is 0 Å². The van der Waals surface area contributed by atoms with Crippen molar-refractivity contribution in [1.82, 2.24) is 5.32 Å². The number of carbonyl (C=O) groups excluding carboxylic acids is 2. The molecule has 2 atom stereocenters. The number of esters is 1. The number of hydrogen-bond acceptors (Lipinski definition) is 5. The van der Waals surface area contributed by atoms with Gasteiger partial charge in [-0.05, 0) is 33.1 Å². The van der Waals surface area contributed by atoms with Crippen LogP contribution in [0.15, 0.2) is 0 Å². The van der Waals surface area contributed by atoms with Crippen molar-refractivity contribution in [2.75, 3.05) is 11.5 Å². The van der Waals surface area contributed by atoms with Crippen LogP contribution in [0.25, 0.3) is 0 Å². The van der Waals surface area contributed by atoms with Gasteiger partial charge in [-0.2, -0.15) is 0 Å². The molecule has 0 bridgehead atoms. The largest absolute Gasteiger partial charge is 0.458 e.